The molecule has 9 nitrogen and oxygen atoms in total. The molecule has 1 aliphatic rings. The van der Waals surface area contributed by atoms with Gasteiger partial charge in [0.2, 0.25) is 11.9 Å². The maximum absolute atomic E-state index is 11.5. The van der Waals surface area contributed by atoms with Crippen LogP contribution in [0.3, 0.4) is 0 Å². The zero-order chi connectivity index (χ0) is 18.1. The first-order chi connectivity index (χ1) is 12.6. The number of nitrogens with zero attached hydrogens (tertiary/aromatic N) is 4. The number of hydrogen-bond acceptors (Lipinski definition) is 7. The fraction of sp³-hybridized carbons (Fsp3) is 0.176. The Morgan fingerprint density at radius 1 is 1.27 bits per heavy atom. The third kappa shape index (κ3) is 3.14. The molecule has 0 saturated heterocycles. The van der Waals surface area contributed by atoms with Gasteiger partial charge in [0.15, 0.2) is 5.82 Å². The first-order valence-electron chi connectivity index (χ1n) is 8.22. The summed E-state index contributed by atoms with van der Waals surface area (Å²) in [5.74, 6) is 0.888. The predicted molar refractivity (Wildman–Crippen MR) is 99.7 cm³/mol. The molecule has 1 aliphatic heterocycles. The molecular formula is C17H18N8O. The van der Waals surface area contributed by atoms with Crippen LogP contribution in [-0.2, 0) is 17.8 Å². The number of anilines is 6. The second-order valence-corrected chi connectivity index (χ2v) is 5.93. The zero-order valence-corrected chi connectivity index (χ0v) is 14.2. The van der Waals surface area contributed by atoms with E-state index in [-0.39, 0.29) is 5.91 Å². The minimum Gasteiger partial charge on any atom is -0.394 e. The summed E-state index contributed by atoms with van der Waals surface area (Å²) in [7, 11) is 0. The number of benzene rings is 1. The van der Waals surface area contributed by atoms with E-state index in [1.54, 1.807) is 10.9 Å². The van der Waals surface area contributed by atoms with Gasteiger partial charge in [-0.1, -0.05) is 6.07 Å². The van der Waals surface area contributed by atoms with Gasteiger partial charge >= 0.3 is 0 Å². The normalized spacial score (nSPS) is 12.6. The van der Waals surface area contributed by atoms with Crippen molar-refractivity contribution < 1.29 is 4.79 Å². The van der Waals surface area contributed by atoms with E-state index in [0.717, 1.165) is 29.2 Å². The Bertz CT molecular complexity index is 981. The maximum atomic E-state index is 11.5. The quantitative estimate of drug-likeness (QED) is 0.556. The van der Waals surface area contributed by atoms with Crippen LogP contribution in [0, 0.1) is 0 Å². The fourth-order valence-corrected chi connectivity index (χ4v) is 2.71. The highest BCUT2D eigenvalue weighted by molar-refractivity contribution is 5.99. The molecule has 2 aromatic heterocycles. The molecule has 0 bridgehead atoms. The molecule has 3 heterocycles. The molecule has 9 heteroatoms. The Morgan fingerprint density at radius 3 is 2.96 bits per heavy atom. The predicted octanol–water partition coefficient (Wildman–Crippen LogP) is 2.26. The summed E-state index contributed by atoms with van der Waals surface area (Å²) in [6.07, 6.45) is 5.53. The highest BCUT2D eigenvalue weighted by atomic mass is 16.1. The number of amides is 1. The molecule has 4 rings (SSSR count). The molecule has 0 spiro atoms. The van der Waals surface area contributed by atoms with Crippen molar-refractivity contribution in [1.29, 1.82) is 0 Å². The first kappa shape index (κ1) is 15.9. The van der Waals surface area contributed by atoms with Gasteiger partial charge in [-0.15, -0.1) is 0 Å². The van der Waals surface area contributed by atoms with Gasteiger partial charge in [0.1, 0.15) is 0 Å². The summed E-state index contributed by atoms with van der Waals surface area (Å²) >= 11 is 0. The lowest BCUT2D eigenvalue weighted by Crippen LogP contribution is -2.05. The van der Waals surface area contributed by atoms with Gasteiger partial charge in [-0.2, -0.15) is 10.1 Å². The van der Waals surface area contributed by atoms with Gasteiger partial charge in [0, 0.05) is 24.1 Å². The van der Waals surface area contributed by atoms with Gasteiger partial charge in [-0.05, 0) is 24.6 Å². The standard InChI is InChI=1S/C17H18N8O/c1-2-25-9-12(7-20-25)22-17-19-8-13(18)16(24-17)21-11-4-3-10-5-15(26)23-14(10)6-11/h3-4,6-9H,2,5,18H2,1H3,(H,23,26)(H2,19,21,22,24). The molecule has 1 amide bonds. The number of rotatable bonds is 5. The molecule has 0 fully saturated rings. The number of hydrogen-bond donors (Lipinski definition) is 4. The lowest BCUT2D eigenvalue weighted by Gasteiger charge is -2.11. The van der Waals surface area contributed by atoms with Gasteiger partial charge in [0.25, 0.3) is 0 Å². The molecule has 3 aromatic rings. The molecule has 1 aromatic carbocycles. The van der Waals surface area contributed by atoms with E-state index in [1.807, 2.05) is 31.3 Å². The molecule has 5 N–H and O–H groups in total. The van der Waals surface area contributed by atoms with E-state index < -0.39 is 0 Å². The van der Waals surface area contributed by atoms with Crippen LogP contribution < -0.4 is 21.7 Å². The second kappa shape index (κ2) is 6.36. The Balaban J connectivity index is 1.55. The van der Waals surface area contributed by atoms with Crippen LogP contribution in [-0.4, -0.2) is 25.7 Å². The van der Waals surface area contributed by atoms with Crippen molar-refractivity contribution in [3.8, 4) is 0 Å². The number of carbonyl (C=O) groups excluding carboxylic acids is 1. The van der Waals surface area contributed by atoms with Crippen molar-refractivity contribution >= 4 is 40.4 Å². The number of nitrogen functional groups attached to an aromatic ring is 1. The topological polar surface area (TPSA) is 123 Å². The van der Waals surface area contributed by atoms with Crippen LogP contribution in [0.2, 0.25) is 0 Å². The number of fused-ring (bicyclic) bond motifs is 1. The SMILES string of the molecule is CCn1cc(Nc2ncc(N)c(Nc3ccc4c(c3)NC(=O)C4)n2)cn1. The van der Waals surface area contributed by atoms with E-state index in [1.165, 1.54) is 6.20 Å². The smallest absolute Gasteiger partial charge is 0.229 e. The highest BCUT2D eigenvalue weighted by Gasteiger charge is 2.17. The van der Waals surface area contributed by atoms with Crippen LogP contribution in [0.1, 0.15) is 12.5 Å². The third-order valence-electron chi connectivity index (χ3n) is 4.03. The molecular weight excluding hydrogens is 332 g/mol. The minimum absolute atomic E-state index is 0.00203. The number of nitrogens with two attached hydrogens (primary N) is 1. The average Bonchev–Trinajstić information content (AvgIpc) is 3.22. The lowest BCUT2D eigenvalue weighted by molar-refractivity contribution is -0.115. The minimum atomic E-state index is -0.00203. The second-order valence-electron chi connectivity index (χ2n) is 5.93. The van der Waals surface area contributed by atoms with Gasteiger partial charge in [0.05, 0.1) is 30.2 Å². The van der Waals surface area contributed by atoms with Gasteiger partial charge in [-0.25, -0.2) is 4.98 Å². The van der Waals surface area contributed by atoms with Crippen molar-refractivity contribution in [2.75, 3.05) is 21.7 Å². The summed E-state index contributed by atoms with van der Waals surface area (Å²) in [6, 6.07) is 5.66. The molecule has 132 valence electrons. The van der Waals surface area contributed by atoms with Crippen LogP contribution in [0.25, 0.3) is 0 Å². The molecule has 0 saturated carbocycles. The Kier molecular flexibility index (Phi) is 3.88. The largest absolute Gasteiger partial charge is 0.394 e. The Morgan fingerprint density at radius 2 is 2.15 bits per heavy atom. The van der Waals surface area contributed by atoms with Crippen LogP contribution in [0.4, 0.5) is 34.5 Å². The maximum Gasteiger partial charge on any atom is 0.229 e. The number of aryl methyl sites for hydroxylation is 1. The van der Waals surface area contributed by atoms with E-state index >= 15 is 0 Å². The van der Waals surface area contributed by atoms with E-state index in [9.17, 15) is 4.79 Å². The van der Waals surface area contributed by atoms with Crippen LogP contribution in [0.5, 0.6) is 0 Å². The van der Waals surface area contributed by atoms with Gasteiger partial charge in [-0.3, -0.25) is 9.48 Å². The number of aromatic nitrogens is 4. The molecule has 26 heavy (non-hydrogen) atoms. The fourth-order valence-electron chi connectivity index (χ4n) is 2.71. The summed E-state index contributed by atoms with van der Waals surface area (Å²) in [5, 5.41) is 13.3. The number of nitrogens with one attached hydrogen (secondary N) is 3. The molecule has 0 radical (unpaired) electrons. The number of carbonyl (C=O) groups is 1. The molecule has 0 atom stereocenters. The van der Waals surface area contributed by atoms with E-state index in [0.29, 0.717) is 23.9 Å². The molecule has 0 aliphatic carbocycles. The monoisotopic (exact) mass is 350 g/mol. The highest BCUT2D eigenvalue weighted by Crippen LogP contribution is 2.29. The van der Waals surface area contributed by atoms with Crippen LogP contribution in [0.15, 0.2) is 36.8 Å². The van der Waals surface area contributed by atoms with Crippen molar-refractivity contribution in [1.82, 2.24) is 19.7 Å². The third-order valence-corrected chi connectivity index (χ3v) is 4.03. The average molecular weight is 350 g/mol. The summed E-state index contributed by atoms with van der Waals surface area (Å²) in [4.78, 5) is 20.1. The zero-order valence-electron chi connectivity index (χ0n) is 14.2. The Hall–Kier alpha value is -3.62. The van der Waals surface area contributed by atoms with Crippen LogP contribution >= 0.6 is 0 Å². The van der Waals surface area contributed by atoms with Gasteiger partial charge < -0.3 is 21.7 Å². The van der Waals surface area contributed by atoms with E-state index in [4.69, 9.17) is 5.73 Å². The summed E-state index contributed by atoms with van der Waals surface area (Å²) in [5.41, 5.74) is 9.77. The van der Waals surface area contributed by atoms with Crippen molar-refractivity contribution in [2.24, 2.45) is 0 Å². The first-order valence-corrected chi connectivity index (χ1v) is 8.22. The van der Waals surface area contributed by atoms with Crippen molar-refractivity contribution in [3.63, 3.8) is 0 Å². The van der Waals surface area contributed by atoms with E-state index in [2.05, 4.69) is 31.0 Å². The summed E-state index contributed by atoms with van der Waals surface area (Å²) in [6.45, 7) is 2.80. The lowest BCUT2D eigenvalue weighted by atomic mass is 10.1. The van der Waals surface area contributed by atoms with Crippen molar-refractivity contribution in [2.45, 2.75) is 19.9 Å². The molecule has 0 unspecified atom stereocenters. The summed E-state index contributed by atoms with van der Waals surface area (Å²) < 4.78 is 1.80. The van der Waals surface area contributed by atoms with Crippen molar-refractivity contribution in [3.05, 3.63) is 42.4 Å². The Labute approximate surface area is 149 Å².